The summed E-state index contributed by atoms with van der Waals surface area (Å²) in [5.41, 5.74) is 7.25. The van der Waals surface area contributed by atoms with Crippen molar-refractivity contribution in [2.24, 2.45) is 0 Å². The van der Waals surface area contributed by atoms with Gasteiger partial charge >= 0.3 is 0 Å². The van der Waals surface area contributed by atoms with Crippen molar-refractivity contribution in [3.05, 3.63) is 21.6 Å². The number of ether oxygens (including phenoxy) is 1. The molecular weight excluding hydrogens is 291 g/mol. The maximum Gasteiger partial charge on any atom is 0.0798 e. The van der Waals surface area contributed by atoms with Crippen LogP contribution in [0.4, 0.5) is 11.4 Å². The summed E-state index contributed by atoms with van der Waals surface area (Å²) in [6.07, 6.45) is 0.243. The Bertz CT molecular complexity index is 358. The maximum absolute atomic E-state index is 6.00. The third kappa shape index (κ3) is 3.85. The minimum atomic E-state index is 0.243. The van der Waals surface area contributed by atoms with Gasteiger partial charge in [-0.2, -0.15) is 0 Å². The topological polar surface area (TPSA) is 47.3 Å². The molecule has 0 saturated heterocycles. The molecule has 0 aliphatic carbocycles. The van der Waals surface area contributed by atoms with Gasteiger partial charge in [-0.15, -0.1) is 0 Å². The molecule has 1 aromatic rings. The van der Waals surface area contributed by atoms with Gasteiger partial charge < -0.3 is 15.8 Å². The van der Waals surface area contributed by atoms with E-state index in [4.69, 9.17) is 22.1 Å². The fourth-order valence-corrected chi connectivity index (χ4v) is 1.71. The number of hydrogen-bond acceptors (Lipinski definition) is 3. The highest BCUT2D eigenvalue weighted by molar-refractivity contribution is 9.10. The lowest BCUT2D eigenvalue weighted by Crippen LogP contribution is -2.14. The lowest BCUT2D eigenvalue weighted by Gasteiger charge is -2.12. The molecular formula is C11H16BrClN2O. The third-order valence-electron chi connectivity index (χ3n) is 2.00. The highest BCUT2D eigenvalue weighted by Gasteiger charge is 2.06. The SMILES string of the molecule is CC(C)OCCNc1ccc(Br)c(Cl)c1N. The van der Waals surface area contributed by atoms with E-state index in [1.165, 1.54) is 0 Å². The predicted molar refractivity (Wildman–Crippen MR) is 73.1 cm³/mol. The number of hydrogen-bond donors (Lipinski definition) is 2. The van der Waals surface area contributed by atoms with Crippen LogP contribution < -0.4 is 11.1 Å². The quantitative estimate of drug-likeness (QED) is 0.646. The van der Waals surface area contributed by atoms with Crippen LogP contribution in [0.25, 0.3) is 0 Å². The zero-order valence-electron chi connectivity index (χ0n) is 9.39. The molecule has 3 N–H and O–H groups in total. The molecule has 0 fully saturated rings. The number of rotatable bonds is 5. The lowest BCUT2D eigenvalue weighted by molar-refractivity contribution is 0.0871. The maximum atomic E-state index is 6.00. The van der Waals surface area contributed by atoms with Crippen LogP contribution in [0.1, 0.15) is 13.8 Å². The van der Waals surface area contributed by atoms with Crippen LogP contribution in [-0.4, -0.2) is 19.3 Å². The summed E-state index contributed by atoms with van der Waals surface area (Å²) in [6.45, 7) is 5.36. The van der Waals surface area contributed by atoms with Gasteiger partial charge in [-0.25, -0.2) is 0 Å². The zero-order valence-corrected chi connectivity index (χ0v) is 11.7. The molecule has 1 rings (SSSR count). The summed E-state index contributed by atoms with van der Waals surface area (Å²) in [7, 11) is 0. The van der Waals surface area contributed by atoms with Crippen LogP contribution in [0.5, 0.6) is 0 Å². The Morgan fingerprint density at radius 2 is 2.19 bits per heavy atom. The van der Waals surface area contributed by atoms with Crippen LogP contribution in [0.2, 0.25) is 5.02 Å². The summed E-state index contributed by atoms with van der Waals surface area (Å²) >= 11 is 9.32. The van der Waals surface area contributed by atoms with E-state index in [0.29, 0.717) is 23.9 Å². The molecule has 5 heteroatoms. The average Bonchev–Trinajstić information content (AvgIpc) is 2.23. The molecule has 0 aliphatic heterocycles. The summed E-state index contributed by atoms with van der Waals surface area (Å²) in [5.74, 6) is 0. The van der Waals surface area contributed by atoms with Gasteiger partial charge in [-0.05, 0) is 41.9 Å². The second-order valence-electron chi connectivity index (χ2n) is 3.67. The predicted octanol–water partition coefficient (Wildman–Crippen LogP) is 3.52. The highest BCUT2D eigenvalue weighted by Crippen LogP contribution is 2.33. The molecule has 0 radical (unpaired) electrons. The number of halogens is 2. The summed E-state index contributed by atoms with van der Waals surface area (Å²) in [4.78, 5) is 0. The monoisotopic (exact) mass is 306 g/mol. The Morgan fingerprint density at radius 3 is 2.81 bits per heavy atom. The molecule has 16 heavy (non-hydrogen) atoms. The number of nitrogen functional groups attached to an aromatic ring is 1. The van der Waals surface area contributed by atoms with Gasteiger partial charge in [0, 0.05) is 11.0 Å². The molecule has 0 unspecified atom stereocenters. The number of nitrogens with one attached hydrogen (secondary N) is 1. The van der Waals surface area contributed by atoms with Gasteiger partial charge in [0.25, 0.3) is 0 Å². The molecule has 0 aliphatic rings. The van der Waals surface area contributed by atoms with Crippen LogP contribution in [0, 0.1) is 0 Å². The van der Waals surface area contributed by atoms with Gasteiger partial charge in [0.05, 0.1) is 29.1 Å². The summed E-state index contributed by atoms with van der Waals surface area (Å²) in [5, 5.41) is 3.72. The number of nitrogens with two attached hydrogens (primary N) is 1. The normalized spacial score (nSPS) is 10.8. The summed E-state index contributed by atoms with van der Waals surface area (Å²) < 4.78 is 6.21. The van der Waals surface area contributed by atoms with Crippen LogP contribution in [0.3, 0.4) is 0 Å². The minimum Gasteiger partial charge on any atom is -0.396 e. The first-order chi connectivity index (χ1) is 7.52. The minimum absolute atomic E-state index is 0.243. The third-order valence-corrected chi connectivity index (χ3v) is 3.30. The second kappa shape index (κ2) is 6.33. The first kappa shape index (κ1) is 13.6. The van der Waals surface area contributed by atoms with Gasteiger partial charge in [0.15, 0.2) is 0 Å². The summed E-state index contributed by atoms with van der Waals surface area (Å²) in [6, 6.07) is 3.75. The first-order valence-corrected chi connectivity index (χ1v) is 6.28. The van der Waals surface area contributed by atoms with Crippen LogP contribution in [0.15, 0.2) is 16.6 Å². The molecule has 3 nitrogen and oxygen atoms in total. The van der Waals surface area contributed by atoms with E-state index in [2.05, 4.69) is 21.2 Å². The fraction of sp³-hybridized carbons (Fsp3) is 0.455. The molecule has 0 heterocycles. The van der Waals surface area contributed by atoms with Crippen molar-refractivity contribution in [2.75, 3.05) is 24.2 Å². The first-order valence-electron chi connectivity index (χ1n) is 5.11. The Hall–Kier alpha value is -0.450. The molecule has 0 spiro atoms. The van der Waals surface area contributed by atoms with Gasteiger partial charge in [-0.1, -0.05) is 11.6 Å². The van der Waals surface area contributed by atoms with E-state index in [1.54, 1.807) is 0 Å². The Kier molecular flexibility index (Phi) is 5.38. The Balaban J connectivity index is 2.52. The van der Waals surface area contributed by atoms with Gasteiger partial charge in [0.2, 0.25) is 0 Å². The van der Waals surface area contributed by atoms with Crippen LogP contribution >= 0.6 is 27.5 Å². The average molecular weight is 308 g/mol. The molecule has 1 aromatic carbocycles. The van der Waals surface area contributed by atoms with Crippen molar-refractivity contribution in [3.63, 3.8) is 0 Å². The Morgan fingerprint density at radius 1 is 1.50 bits per heavy atom. The van der Waals surface area contributed by atoms with E-state index < -0.39 is 0 Å². The van der Waals surface area contributed by atoms with Crippen molar-refractivity contribution >= 4 is 38.9 Å². The largest absolute Gasteiger partial charge is 0.396 e. The van der Waals surface area contributed by atoms with Crippen molar-refractivity contribution in [2.45, 2.75) is 20.0 Å². The highest BCUT2D eigenvalue weighted by atomic mass is 79.9. The van der Waals surface area contributed by atoms with Crippen molar-refractivity contribution in [3.8, 4) is 0 Å². The van der Waals surface area contributed by atoms with E-state index in [1.807, 2.05) is 26.0 Å². The molecule has 0 saturated carbocycles. The zero-order chi connectivity index (χ0) is 12.1. The van der Waals surface area contributed by atoms with Crippen molar-refractivity contribution in [1.29, 1.82) is 0 Å². The lowest BCUT2D eigenvalue weighted by atomic mass is 10.2. The molecule has 0 atom stereocenters. The van der Waals surface area contributed by atoms with E-state index >= 15 is 0 Å². The van der Waals surface area contributed by atoms with Crippen molar-refractivity contribution < 1.29 is 4.74 Å². The molecule has 0 bridgehead atoms. The molecule has 0 aromatic heterocycles. The standard InChI is InChI=1S/C11H16BrClN2O/c1-7(2)16-6-5-15-9-4-3-8(12)10(13)11(9)14/h3-4,7,15H,5-6,14H2,1-2H3. The smallest absolute Gasteiger partial charge is 0.0798 e. The van der Waals surface area contributed by atoms with E-state index in [9.17, 15) is 0 Å². The fourth-order valence-electron chi connectivity index (χ4n) is 1.20. The van der Waals surface area contributed by atoms with Crippen molar-refractivity contribution in [1.82, 2.24) is 0 Å². The number of benzene rings is 1. The number of anilines is 2. The molecule has 0 amide bonds. The Labute approximate surface area is 109 Å². The van der Waals surface area contributed by atoms with Gasteiger partial charge in [-0.3, -0.25) is 0 Å². The van der Waals surface area contributed by atoms with Crippen LogP contribution in [-0.2, 0) is 4.74 Å². The second-order valence-corrected chi connectivity index (χ2v) is 4.90. The van der Waals surface area contributed by atoms with Gasteiger partial charge in [0.1, 0.15) is 0 Å². The van der Waals surface area contributed by atoms with E-state index in [0.717, 1.165) is 10.2 Å². The molecule has 90 valence electrons. The van der Waals surface area contributed by atoms with E-state index in [-0.39, 0.29) is 6.10 Å².